The molecule has 1 aliphatic rings. The van der Waals surface area contributed by atoms with Crippen molar-refractivity contribution in [3.05, 3.63) is 0 Å². The van der Waals surface area contributed by atoms with Gasteiger partial charge in [0.05, 0.1) is 0 Å². The van der Waals surface area contributed by atoms with Gasteiger partial charge in [0.2, 0.25) is 0 Å². The van der Waals surface area contributed by atoms with Gasteiger partial charge in [-0.3, -0.25) is 0 Å². The quantitative estimate of drug-likeness (QED) is 0.580. The molecular weight excluding hydrogens is 270 g/mol. The van der Waals surface area contributed by atoms with Crippen molar-refractivity contribution >= 4 is 0 Å². The molecule has 0 nitrogen and oxygen atoms in total. The van der Waals surface area contributed by atoms with Gasteiger partial charge in [0.1, 0.15) is 0 Å². The fraction of sp³-hybridized carbons (Fsp3) is 1.00. The van der Waals surface area contributed by atoms with E-state index >= 15 is 0 Å². The van der Waals surface area contributed by atoms with E-state index in [9.17, 15) is 26.3 Å². The third kappa shape index (κ3) is 7.06. The molecule has 0 aromatic rings. The second kappa shape index (κ2) is 6.35. The zero-order valence-electron chi connectivity index (χ0n) is 10.9. The fourth-order valence-electron chi connectivity index (χ4n) is 3.33. The number of alkyl halides is 6. The second-order valence-electron chi connectivity index (χ2n) is 5.73. The lowest BCUT2D eigenvalue weighted by Gasteiger charge is -2.35. The summed E-state index contributed by atoms with van der Waals surface area (Å²) in [4.78, 5) is 0. The third-order valence-electron chi connectivity index (χ3n) is 3.74. The van der Waals surface area contributed by atoms with E-state index in [1.807, 2.05) is 6.92 Å². The molecule has 114 valence electrons. The van der Waals surface area contributed by atoms with Gasteiger partial charge in [-0.2, -0.15) is 26.3 Å². The minimum absolute atomic E-state index is 0.0125. The van der Waals surface area contributed by atoms with Crippen LogP contribution in [0.25, 0.3) is 0 Å². The lowest BCUT2D eigenvalue weighted by Crippen LogP contribution is -2.29. The van der Waals surface area contributed by atoms with Crippen LogP contribution in [-0.2, 0) is 0 Å². The van der Waals surface area contributed by atoms with Crippen molar-refractivity contribution in [2.24, 2.45) is 17.8 Å². The molecule has 2 atom stereocenters. The number of halogens is 6. The first-order chi connectivity index (χ1) is 8.59. The van der Waals surface area contributed by atoms with E-state index in [1.165, 1.54) is 0 Å². The highest BCUT2D eigenvalue weighted by Crippen LogP contribution is 2.44. The molecule has 0 spiro atoms. The molecule has 0 heterocycles. The number of rotatable bonds is 4. The van der Waals surface area contributed by atoms with Crippen LogP contribution in [0.4, 0.5) is 26.3 Å². The Morgan fingerprint density at radius 2 is 1.11 bits per heavy atom. The Morgan fingerprint density at radius 3 is 1.42 bits per heavy atom. The summed E-state index contributed by atoms with van der Waals surface area (Å²) in [5.74, 6) is -1.27. The molecule has 0 saturated heterocycles. The first kappa shape index (κ1) is 16.6. The number of hydrogen-bond donors (Lipinski definition) is 0. The molecule has 0 aromatic carbocycles. The van der Waals surface area contributed by atoms with Crippen molar-refractivity contribution in [2.45, 2.75) is 64.2 Å². The minimum atomic E-state index is -4.28. The summed E-state index contributed by atoms with van der Waals surface area (Å²) in [6.45, 7) is 1.91. The van der Waals surface area contributed by atoms with E-state index in [1.54, 1.807) is 0 Å². The van der Waals surface area contributed by atoms with Crippen LogP contribution in [0.5, 0.6) is 0 Å². The largest absolute Gasteiger partial charge is 0.389 e. The van der Waals surface area contributed by atoms with Gasteiger partial charge in [0.15, 0.2) is 0 Å². The van der Waals surface area contributed by atoms with E-state index in [0.29, 0.717) is 12.8 Å². The van der Waals surface area contributed by atoms with Gasteiger partial charge in [-0.05, 0) is 37.0 Å². The molecule has 0 amide bonds. The van der Waals surface area contributed by atoms with E-state index < -0.39 is 37.0 Å². The lowest BCUT2D eigenvalue weighted by molar-refractivity contribution is -0.160. The smallest absolute Gasteiger partial charge is 0.171 e. The summed E-state index contributed by atoms with van der Waals surface area (Å²) >= 11 is 0. The predicted octanol–water partition coefficient (Wildman–Crippen LogP) is 5.72. The third-order valence-corrected chi connectivity index (χ3v) is 3.74. The maximum Gasteiger partial charge on any atom is 0.389 e. The van der Waals surface area contributed by atoms with Gasteiger partial charge >= 0.3 is 12.4 Å². The van der Waals surface area contributed by atoms with Gasteiger partial charge in [-0.1, -0.05) is 19.8 Å². The number of hydrogen-bond acceptors (Lipinski definition) is 0. The summed E-state index contributed by atoms with van der Waals surface area (Å²) in [6.07, 6.45) is -8.01. The summed E-state index contributed by atoms with van der Waals surface area (Å²) in [6, 6.07) is 0. The Hall–Kier alpha value is -0.420. The molecule has 0 N–H and O–H groups in total. The zero-order chi connectivity index (χ0) is 14.7. The highest BCUT2D eigenvalue weighted by Gasteiger charge is 2.40. The van der Waals surface area contributed by atoms with E-state index in [0.717, 1.165) is 12.8 Å². The van der Waals surface area contributed by atoms with Gasteiger partial charge in [-0.15, -0.1) is 0 Å². The van der Waals surface area contributed by atoms with Crippen LogP contribution < -0.4 is 0 Å². The molecule has 19 heavy (non-hydrogen) atoms. The van der Waals surface area contributed by atoms with E-state index in [2.05, 4.69) is 0 Å². The second-order valence-corrected chi connectivity index (χ2v) is 5.73. The van der Waals surface area contributed by atoms with Crippen LogP contribution in [0.3, 0.4) is 0 Å². The van der Waals surface area contributed by atoms with Crippen molar-refractivity contribution in [2.75, 3.05) is 0 Å². The van der Waals surface area contributed by atoms with E-state index in [-0.39, 0.29) is 12.3 Å². The molecule has 0 aromatic heterocycles. The Balaban J connectivity index is 2.62. The predicted molar refractivity (Wildman–Crippen MR) is 60.6 cm³/mol. The molecule has 0 aliphatic heterocycles. The molecule has 6 heteroatoms. The summed E-state index contributed by atoms with van der Waals surface area (Å²) in [5.41, 5.74) is 0. The van der Waals surface area contributed by atoms with Crippen molar-refractivity contribution in [3.8, 4) is 0 Å². The fourth-order valence-corrected chi connectivity index (χ4v) is 3.33. The molecule has 1 fully saturated rings. The molecule has 0 bridgehead atoms. The van der Waals surface area contributed by atoms with Gasteiger partial charge in [0, 0.05) is 12.8 Å². The molecular formula is C13H20F6. The molecule has 1 aliphatic carbocycles. The zero-order valence-corrected chi connectivity index (χ0v) is 10.9. The normalized spacial score (nSPS) is 29.5. The Bertz CT molecular complexity index is 243. The minimum Gasteiger partial charge on any atom is -0.171 e. The van der Waals surface area contributed by atoms with Crippen LogP contribution in [0, 0.1) is 17.8 Å². The summed E-state index contributed by atoms with van der Waals surface area (Å²) in [7, 11) is 0. The maximum atomic E-state index is 12.4. The average molecular weight is 290 g/mol. The molecule has 1 saturated carbocycles. The first-order valence-electron chi connectivity index (χ1n) is 6.72. The first-order valence-corrected chi connectivity index (χ1v) is 6.72. The Labute approximate surface area is 109 Å². The van der Waals surface area contributed by atoms with Gasteiger partial charge in [0.25, 0.3) is 0 Å². The highest BCUT2D eigenvalue weighted by atomic mass is 19.4. The van der Waals surface area contributed by atoms with Crippen LogP contribution in [0.1, 0.15) is 51.9 Å². The maximum absolute atomic E-state index is 12.4. The van der Waals surface area contributed by atoms with Crippen molar-refractivity contribution in [1.82, 2.24) is 0 Å². The van der Waals surface area contributed by atoms with Crippen LogP contribution in [0.15, 0.2) is 0 Å². The van der Waals surface area contributed by atoms with Crippen molar-refractivity contribution in [3.63, 3.8) is 0 Å². The van der Waals surface area contributed by atoms with Crippen molar-refractivity contribution in [1.29, 1.82) is 0 Å². The van der Waals surface area contributed by atoms with Crippen LogP contribution in [0.2, 0.25) is 0 Å². The Kier molecular flexibility index (Phi) is 5.56. The molecule has 1 rings (SSSR count). The lowest BCUT2D eigenvalue weighted by atomic mass is 9.71. The van der Waals surface area contributed by atoms with Gasteiger partial charge < -0.3 is 0 Å². The highest BCUT2D eigenvalue weighted by molar-refractivity contribution is 4.81. The SMILES string of the molecule is CCCC1CC(CC(F)(F)F)CC(CC(F)(F)F)C1. The standard InChI is InChI=1S/C13H20F6/c1-2-3-9-4-10(7-12(14,15)16)6-11(5-9)8-13(17,18)19/h9-11H,2-8H2,1H3. The van der Waals surface area contributed by atoms with Crippen molar-refractivity contribution < 1.29 is 26.3 Å². The van der Waals surface area contributed by atoms with E-state index in [4.69, 9.17) is 0 Å². The Morgan fingerprint density at radius 1 is 0.737 bits per heavy atom. The van der Waals surface area contributed by atoms with Crippen LogP contribution >= 0.6 is 0 Å². The van der Waals surface area contributed by atoms with Crippen LogP contribution in [-0.4, -0.2) is 12.4 Å². The summed E-state index contributed by atoms with van der Waals surface area (Å²) in [5, 5.41) is 0. The average Bonchev–Trinajstić information content (AvgIpc) is 2.11. The van der Waals surface area contributed by atoms with Gasteiger partial charge in [-0.25, -0.2) is 0 Å². The summed E-state index contributed by atoms with van der Waals surface area (Å²) < 4.78 is 74.4. The molecule has 0 radical (unpaired) electrons. The molecule has 2 unspecified atom stereocenters. The topological polar surface area (TPSA) is 0 Å². The monoisotopic (exact) mass is 290 g/mol.